The summed E-state index contributed by atoms with van der Waals surface area (Å²) in [6.07, 6.45) is 0. The fourth-order valence-corrected chi connectivity index (χ4v) is 4.16. The van der Waals surface area contributed by atoms with Gasteiger partial charge in [-0.05, 0) is 45.4 Å². The molecular weight excluding hydrogens is 390 g/mol. The predicted molar refractivity (Wildman–Crippen MR) is 113 cm³/mol. The number of Topliss-reactive ketones (excluding diaryl/α,β-unsaturated/α-hetero) is 1. The lowest BCUT2D eigenvalue weighted by atomic mass is 10.1. The summed E-state index contributed by atoms with van der Waals surface area (Å²) in [5, 5.41) is 0.482. The Hall–Kier alpha value is -2.87. The summed E-state index contributed by atoms with van der Waals surface area (Å²) in [5.74, 6) is -0.620. The van der Waals surface area contributed by atoms with Gasteiger partial charge in [-0.2, -0.15) is 0 Å². The van der Waals surface area contributed by atoms with Gasteiger partial charge in [-0.25, -0.2) is 9.78 Å². The molecule has 0 saturated heterocycles. The number of aryl methyl sites for hydroxylation is 1. The van der Waals surface area contributed by atoms with Crippen LogP contribution in [0.3, 0.4) is 0 Å². The topological polar surface area (TPSA) is 94.1 Å². The molecule has 1 atom stereocenters. The first-order valence-electron chi connectivity index (χ1n) is 9.29. The Morgan fingerprint density at radius 1 is 1.28 bits per heavy atom. The van der Waals surface area contributed by atoms with E-state index in [1.807, 2.05) is 6.07 Å². The molecule has 0 aliphatic rings. The molecule has 0 spiro atoms. The van der Waals surface area contributed by atoms with E-state index >= 15 is 0 Å². The zero-order valence-electron chi connectivity index (χ0n) is 17.0. The first kappa shape index (κ1) is 20.9. The standard InChI is InChI=1S/C21H23N3O4S/c1-6-28-20(27)16-11(2)17(22-12(16)3)18(25)13(4)29-21-23-15-10-8-7-9-14(15)19(26)24(21)5/h7-10,13,22H,6H2,1-5H3/t13-/m0/s1. The summed E-state index contributed by atoms with van der Waals surface area (Å²) in [4.78, 5) is 45.4. The van der Waals surface area contributed by atoms with Crippen LogP contribution in [0.4, 0.5) is 0 Å². The molecule has 0 radical (unpaired) electrons. The van der Waals surface area contributed by atoms with Gasteiger partial charge in [0.15, 0.2) is 10.9 Å². The number of aromatic nitrogens is 3. The summed E-state index contributed by atoms with van der Waals surface area (Å²) in [6, 6.07) is 7.12. The van der Waals surface area contributed by atoms with Crippen LogP contribution in [0.1, 0.15) is 46.0 Å². The molecule has 1 N–H and O–H groups in total. The number of carbonyl (C=O) groups is 2. The van der Waals surface area contributed by atoms with Gasteiger partial charge in [-0.3, -0.25) is 14.2 Å². The number of ketones is 1. The third-order valence-electron chi connectivity index (χ3n) is 4.76. The van der Waals surface area contributed by atoms with Crippen molar-refractivity contribution in [2.75, 3.05) is 6.61 Å². The number of carbonyl (C=O) groups excluding carboxylic acids is 2. The number of rotatable bonds is 6. The minimum Gasteiger partial charge on any atom is -0.462 e. The van der Waals surface area contributed by atoms with E-state index in [0.717, 1.165) is 0 Å². The van der Waals surface area contributed by atoms with E-state index in [2.05, 4.69) is 9.97 Å². The largest absolute Gasteiger partial charge is 0.462 e. The van der Waals surface area contributed by atoms with Gasteiger partial charge in [-0.1, -0.05) is 23.9 Å². The minimum atomic E-state index is -0.513. The van der Waals surface area contributed by atoms with Gasteiger partial charge in [0.05, 0.1) is 34.0 Å². The maximum absolute atomic E-state index is 13.1. The molecule has 152 valence electrons. The van der Waals surface area contributed by atoms with Crippen molar-refractivity contribution in [2.45, 2.75) is 38.1 Å². The molecule has 29 heavy (non-hydrogen) atoms. The van der Waals surface area contributed by atoms with Crippen LogP contribution in [-0.4, -0.2) is 38.1 Å². The van der Waals surface area contributed by atoms with Crippen LogP contribution in [0.25, 0.3) is 10.9 Å². The number of esters is 1. The van der Waals surface area contributed by atoms with Crippen molar-refractivity contribution in [3.63, 3.8) is 0 Å². The van der Waals surface area contributed by atoms with E-state index in [1.165, 1.54) is 16.3 Å². The monoisotopic (exact) mass is 413 g/mol. The third kappa shape index (κ3) is 3.85. The number of nitrogens with zero attached hydrogens (tertiary/aromatic N) is 2. The smallest absolute Gasteiger partial charge is 0.340 e. The van der Waals surface area contributed by atoms with Crippen molar-refractivity contribution in [3.8, 4) is 0 Å². The van der Waals surface area contributed by atoms with Gasteiger partial charge in [0.25, 0.3) is 5.56 Å². The number of para-hydroxylation sites is 1. The van der Waals surface area contributed by atoms with Crippen LogP contribution in [-0.2, 0) is 11.8 Å². The Bertz CT molecular complexity index is 1160. The molecule has 0 unspecified atom stereocenters. The van der Waals surface area contributed by atoms with Crippen molar-refractivity contribution >= 4 is 34.4 Å². The Balaban J connectivity index is 1.92. The number of hydrogen-bond acceptors (Lipinski definition) is 6. The lowest BCUT2D eigenvalue weighted by Gasteiger charge is -2.13. The molecule has 7 nitrogen and oxygen atoms in total. The summed E-state index contributed by atoms with van der Waals surface area (Å²) < 4.78 is 6.54. The molecule has 1 aromatic carbocycles. The van der Waals surface area contributed by atoms with Crippen molar-refractivity contribution in [2.24, 2.45) is 7.05 Å². The van der Waals surface area contributed by atoms with E-state index < -0.39 is 11.2 Å². The highest BCUT2D eigenvalue weighted by Gasteiger charge is 2.27. The number of benzene rings is 1. The molecule has 0 fully saturated rings. The molecule has 2 heterocycles. The maximum atomic E-state index is 13.1. The van der Waals surface area contributed by atoms with E-state index in [0.29, 0.717) is 38.6 Å². The predicted octanol–water partition coefficient (Wildman–Crippen LogP) is 3.42. The average Bonchev–Trinajstić information content (AvgIpc) is 2.99. The zero-order valence-corrected chi connectivity index (χ0v) is 17.8. The average molecular weight is 413 g/mol. The van der Waals surface area contributed by atoms with Crippen LogP contribution >= 0.6 is 11.8 Å². The van der Waals surface area contributed by atoms with Crippen LogP contribution in [0.5, 0.6) is 0 Å². The molecule has 0 amide bonds. The second kappa shape index (κ2) is 8.24. The van der Waals surface area contributed by atoms with Crippen LogP contribution < -0.4 is 5.56 Å². The van der Waals surface area contributed by atoms with E-state index in [9.17, 15) is 14.4 Å². The van der Waals surface area contributed by atoms with E-state index in [4.69, 9.17) is 4.74 Å². The van der Waals surface area contributed by atoms with Crippen LogP contribution in [0, 0.1) is 13.8 Å². The van der Waals surface area contributed by atoms with E-state index in [-0.39, 0.29) is 17.9 Å². The number of H-pyrrole nitrogens is 1. The van der Waals surface area contributed by atoms with E-state index in [1.54, 1.807) is 52.9 Å². The second-order valence-corrected chi connectivity index (χ2v) is 8.05. The number of fused-ring (bicyclic) bond motifs is 1. The molecule has 0 aliphatic carbocycles. The van der Waals surface area contributed by atoms with Crippen molar-refractivity contribution in [1.29, 1.82) is 0 Å². The number of hydrogen-bond donors (Lipinski definition) is 1. The second-order valence-electron chi connectivity index (χ2n) is 6.75. The van der Waals surface area contributed by atoms with Gasteiger partial charge in [-0.15, -0.1) is 0 Å². The van der Waals surface area contributed by atoms with Crippen molar-refractivity contribution in [1.82, 2.24) is 14.5 Å². The SMILES string of the molecule is CCOC(=O)c1c(C)[nH]c(C(=O)[C@H](C)Sc2nc3ccccc3c(=O)n2C)c1C. The first-order valence-corrected chi connectivity index (χ1v) is 10.2. The number of ether oxygens (including phenoxy) is 1. The Kier molecular flexibility index (Phi) is 5.93. The highest BCUT2D eigenvalue weighted by molar-refractivity contribution is 8.00. The molecule has 8 heteroatoms. The molecule has 0 saturated carbocycles. The Morgan fingerprint density at radius 2 is 1.97 bits per heavy atom. The van der Waals surface area contributed by atoms with Gasteiger partial charge in [0, 0.05) is 12.7 Å². The highest BCUT2D eigenvalue weighted by atomic mass is 32.2. The maximum Gasteiger partial charge on any atom is 0.340 e. The van der Waals surface area contributed by atoms with Crippen molar-refractivity contribution < 1.29 is 14.3 Å². The summed E-state index contributed by atoms with van der Waals surface area (Å²) >= 11 is 1.21. The molecule has 2 aromatic heterocycles. The summed E-state index contributed by atoms with van der Waals surface area (Å²) in [6.45, 7) is 7.22. The quantitative estimate of drug-likeness (QED) is 0.288. The van der Waals surface area contributed by atoms with Gasteiger partial charge in [0.1, 0.15) is 0 Å². The van der Waals surface area contributed by atoms with Gasteiger partial charge in [0.2, 0.25) is 0 Å². The zero-order chi connectivity index (χ0) is 21.3. The third-order valence-corrected chi connectivity index (χ3v) is 5.90. The summed E-state index contributed by atoms with van der Waals surface area (Å²) in [5.41, 5.74) is 2.36. The molecule has 3 aromatic rings. The Morgan fingerprint density at radius 3 is 2.66 bits per heavy atom. The number of aromatic amines is 1. The van der Waals surface area contributed by atoms with Gasteiger partial charge < -0.3 is 9.72 Å². The molecule has 0 aliphatic heterocycles. The highest BCUT2D eigenvalue weighted by Crippen LogP contribution is 2.27. The van der Waals surface area contributed by atoms with Gasteiger partial charge >= 0.3 is 5.97 Å². The molecule has 0 bridgehead atoms. The Labute approximate surface area is 172 Å². The number of thioether (sulfide) groups is 1. The number of nitrogens with one attached hydrogen (secondary N) is 1. The van der Waals surface area contributed by atoms with Crippen LogP contribution in [0.2, 0.25) is 0 Å². The summed E-state index contributed by atoms with van der Waals surface area (Å²) in [7, 11) is 1.64. The minimum absolute atomic E-state index is 0.158. The normalized spacial score (nSPS) is 12.2. The molecular formula is C21H23N3O4S. The molecule has 3 rings (SSSR count). The fourth-order valence-electron chi connectivity index (χ4n) is 3.22. The first-order chi connectivity index (χ1) is 13.8. The fraction of sp³-hybridized carbons (Fsp3) is 0.333. The lowest BCUT2D eigenvalue weighted by molar-refractivity contribution is 0.0525. The van der Waals surface area contributed by atoms with Crippen molar-refractivity contribution in [3.05, 3.63) is 57.1 Å². The van der Waals surface area contributed by atoms with Crippen LogP contribution in [0.15, 0.2) is 34.2 Å². The lowest BCUT2D eigenvalue weighted by Crippen LogP contribution is -2.22.